The van der Waals surface area contributed by atoms with Crippen LogP contribution in [0.3, 0.4) is 0 Å². The Bertz CT molecular complexity index is 324. The molecule has 70 valence electrons. The molecule has 1 aromatic rings. The second kappa shape index (κ2) is 2.74. The molecule has 0 aliphatic heterocycles. The van der Waals surface area contributed by atoms with Crippen LogP contribution in [-0.2, 0) is 5.41 Å². The van der Waals surface area contributed by atoms with Gasteiger partial charge in [-0.1, -0.05) is 25.1 Å². The van der Waals surface area contributed by atoms with Crippen molar-refractivity contribution >= 4 is 0 Å². The van der Waals surface area contributed by atoms with Crippen molar-refractivity contribution in [2.24, 2.45) is 11.7 Å². The van der Waals surface area contributed by atoms with Gasteiger partial charge in [0, 0.05) is 11.0 Å². The summed E-state index contributed by atoms with van der Waals surface area (Å²) in [5.74, 6) is 0.946. The van der Waals surface area contributed by atoms with Crippen molar-refractivity contribution in [2.75, 3.05) is 6.54 Å². The molecule has 1 aliphatic rings. The SMILES string of the molecule is CC1(c2ccccc2O)C[C@H]1CN. The van der Waals surface area contributed by atoms with E-state index in [1.54, 1.807) is 6.07 Å². The van der Waals surface area contributed by atoms with E-state index in [4.69, 9.17) is 5.73 Å². The lowest BCUT2D eigenvalue weighted by atomic mass is 9.94. The van der Waals surface area contributed by atoms with Gasteiger partial charge in [0.25, 0.3) is 0 Å². The molecule has 0 aromatic heterocycles. The molecule has 13 heavy (non-hydrogen) atoms. The van der Waals surface area contributed by atoms with Gasteiger partial charge in [0.2, 0.25) is 0 Å². The summed E-state index contributed by atoms with van der Waals surface area (Å²) in [5, 5.41) is 9.66. The zero-order valence-corrected chi connectivity index (χ0v) is 7.83. The Kier molecular flexibility index (Phi) is 1.81. The maximum atomic E-state index is 9.66. The highest BCUT2D eigenvalue weighted by atomic mass is 16.3. The molecule has 0 bridgehead atoms. The molecular weight excluding hydrogens is 162 g/mol. The molecule has 0 spiro atoms. The maximum Gasteiger partial charge on any atom is 0.119 e. The van der Waals surface area contributed by atoms with Crippen LogP contribution in [0.4, 0.5) is 0 Å². The molecule has 0 amide bonds. The number of rotatable bonds is 2. The third-order valence-electron chi connectivity index (χ3n) is 3.22. The Morgan fingerprint density at radius 3 is 2.77 bits per heavy atom. The molecule has 1 aromatic carbocycles. The molecule has 0 heterocycles. The summed E-state index contributed by atoms with van der Waals surface area (Å²) in [6.45, 7) is 2.88. The average Bonchev–Trinajstić information content (AvgIpc) is 2.79. The van der Waals surface area contributed by atoms with Crippen LogP contribution >= 0.6 is 0 Å². The summed E-state index contributed by atoms with van der Waals surface area (Å²) in [7, 11) is 0. The van der Waals surface area contributed by atoms with E-state index in [1.165, 1.54) is 0 Å². The zero-order chi connectivity index (χ0) is 9.47. The van der Waals surface area contributed by atoms with Crippen molar-refractivity contribution in [3.63, 3.8) is 0 Å². The van der Waals surface area contributed by atoms with Gasteiger partial charge in [-0.3, -0.25) is 0 Å². The molecule has 1 aliphatic carbocycles. The number of phenolic OH excluding ortho intramolecular Hbond substituents is 1. The van der Waals surface area contributed by atoms with Crippen molar-refractivity contribution in [1.29, 1.82) is 0 Å². The van der Waals surface area contributed by atoms with Crippen LogP contribution < -0.4 is 5.73 Å². The molecular formula is C11H15NO. The second-order valence-corrected chi connectivity index (χ2v) is 4.07. The summed E-state index contributed by atoms with van der Waals surface area (Å²) in [5.41, 5.74) is 6.79. The minimum atomic E-state index is 0.125. The number of nitrogens with two attached hydrogens (primary N) is 1. The quantitative estimate of drug-likeness (QED) is 0.721. The van der Waals surface area contributed by atoms with Gasteiger partial charge in [-0.05, 0) is 24.9 Å². The average molecular weight is 177 g/mol. The van der Waals surface area contributed by atoms with Gasteiger partial charge < -0.3 is 10.8 Å². The normalized spacial score (nSPS) is 31.7. The topological polar surface area (TPSA) is 46.2 Å². The van der Waals surface area contributed by atoms with Crippen molar-refractivity contribution < 1.29 is 5.11 Å². The predicted octanol–water partition coefficient (Wildman–Crippen LogP) is 1.63. The van der Waals surface area contributed by atoms with Gasteiger partial charge in [0.1, 0.15) is 5.75 Å². The van der Waals surface area contributed by atoms with E-state index in [1.807, 2.05) is 18.2 Å². The highest BCUT2D eigenvalue weighted by Crippen LogP contribution is 2.55. The van der Waals surface area contributed by atoms with E-state index < -0.39 is 0 Å². The fraction of sp³-hybridized carbons (Fsp3) is 0.455. The van der Waals surface area contributed by atoms with Crippen LogP contribution in [0, 0.1) is 5.92 Å². The lowest BCUT2D eigenvalue weighted by Gasteiger charge is -2.12. The highest BCUT2D eigenvalue weighted by molar-refractivity contribution is 5.42. The van der Waals surface area contributed by atoms with Crippen LogP contribution in [0.5, 0.6) is 5.75 Å². The van der Waals surface area contributed by atoms with Crippen LogP contribution in [0.25, 0.3) is 0 Å². The van der Waals surface area contributed by atoms with Crippen LogP contribution in [0.15, 0.2) is 24.3 Å². The molecule has 2 rings (SSSR count). The summed E-state index contributed by atoms with van der Waals surface area (Å²) in [6.07, 6.45) is 1.10. The van der Waals surface area contributed by atoms with Gasteiger partial charge in [-0.2, -0.15) is 0 Å². The summed E-state index contributed by atoms with van der Waals surface area (Å²) >= 11 is 0. The van der Waals surface area contributed by atoms with Gasteiger partial charge in [-0.15, -0.1) is 0 Å². The Balaban J connectivity index is 2.32. The monoisotopic (exact) mass is 177 g/mol. The number of phenols is 1. The van der Waals surface area contributed by atoms with Crippen LogP contribution in [-0.4, -0.2) is 11.7 Å². The lowest BCUT2D eigenvalue weighted by molar-refractivity contribution is 0.458. The Morgan fingerprint density at radius 1 is 1.54 bits per heavy atom. The molecule has 1 saturated carbocycles. The van der Waals surface area contributed by atoms with E-state index in [0.29, 0.717) is 18.2 Å². The van der Waals surface area contributed by atoms with Crippen molar-refractivity contribution in [2.45, 2.75) is 18.8 Å². The van der Waals surface area contributed by atoms with Gasteiger partial charge >= 0.3 is 0 Å². The fourth-order valence-corrected chi connectivity index (χ4v) is 2.08. The Hall–Kier alpha value is -1.02. The fourth-order valence-electron chi connectivity index (χ4n) is 2.08. The molecule has 0 saturated heterocycles. The molecule has 1 fully saturated rings. The number of hydrogen-bond acceptors (Lipinski definition) is 2. The van der Waals surface area contributed by atoms with E-state index in [0.717, 1.165) is 12.0 Å². The first-order valence-electron chi connectivity index (χ1n) is 4.67. The minimum Gasteiger partial charge on any atom is -0.508 e. The molecule has 1 unspecified atom stereocenters. The number of hydrogen-bond donors (Lipinski definition) is 2. The lowest BCUT2D eigenvalue weighted by Crippen LogP contribution is -2.11. The summed E-state index contributed by atoms with van der Waals surface area (Å²) in [6, 6.07) is 7.55. The van der Waals surface area contributed by atoms with E-state index >= 15 is 0 Å². The van der Waals surface area contributed by atoms with E-state index in [2.05, 4.69) is 6.92 Å². The van der Waals surface area contributed by atoms with Gasteiger partial charge in [0.05, 0.1) is 0 Å². The highest BCUT2D eigenvalue weighted by Gasteiger charge is 2.51. The first-order valence-corrected chi connectivity index (χ1v) is 4.67. The smallest absolute Gasteiger partial charge is 0.119 e. The first-order chi connectivity index (χ1) is 6.18. The van der Waals surface area contributed by atoms with Gasteiger partial charge in [0.15, 0.2) is 0 Å². The largest absolute Gasteiger partial charge is 0.508 e. The zero-order valence-electron chi connectivity index (χ0n) is 7.83. The number of aromatic hydroxyl groups is 1. The van der Waals surface area contributed by atoms with E-state index in [9.17, 15) is 5.11 Å². The third-order valence-corrected chi connectivity index (χ3v) is 3.22. The van der Waals surface area contributed by atoms with Crippen molar-refractivity contribution in [3.05, 3.63) is 29.8 Å². The Labute approximate surface area is 78.4 Å². The van der Waals surface area contributed by atoms with Gasteiger partial charge in [-0.25, -0.2) is 0 Å². The number of benzene rings is 1. The maximum absolute atomic E-state index is 9.66. The van der Waals surface area contributed by atoms with E-state index in [-0.39, 0.29) is 5.41 Å². The van der Waals surface area contributed by atoms with Crippen molar-refractivity contribution in [1.82, 2.24) is 0 Å². The molecule has 2 atom stereocenters. The summed E-state index contributed by atoms with van der Waals surface area (Å²) in [4.78, 5) is 0. The predicted molar refractivity (Wildman–Crippen MR) is 52.6 cm³/mol. The van der Waals surface area contributed by atoms with Crippen molar-refractivity contribution in [3.8, 4) is 5.75 Å². The molecule has 2 nitrogen and oxygen atoms in total. The molecule has 2 heteroatoms. The minimum absolute atomic E-state index is 0.125. The second-order valence-electron chi connectivity index (χ2n) is 4.07. The first kappa shape index (κ1) is 8.57. The van der Waals surface area contributed by atoms with Crippen LogP contribution in [0.2, 0.25) is 0 Å². The summed E-state index contributed by atoms with van der Waals surface area (Å²) < 4.78 is 0. The third kappa shape index (κ3) is 1.22. The molecule has 3 N–H and O–H groups in total. The standard InChI is InChI=1S/C11H15NO/c1-11(6-8(11)7-12)9-4-2-3-5-10(9)13/h2-5,8,13H,6-7,12H2,1H3/t8-,11?/m0/s1. The van der Waals surface area contributed by atoms with Crippen LogP contribution in [0.1, 0.15) is 18.9 Å². The Morgan fingerprint density at radius 2 is 2.23 bits per heavy atom. The number of para-hydroxylation sites is 1. The molecule has 0 radical (unpaired) electrons.